The lowest BCUT2D eigenvalue weighted by Gasteiger charge is -2.24. The van der Waals surface area contributed by atoms with E-state index >= 15 is 0 Å². The minimum absolute atomic E-state index is 0.128. The molecule has 0 bridgehead atoms. The van der Waals surface area contributed by atoms with E-state index in [4.69, 9.17) is 0 Å². The van der Waals surface area contributed by atoms with E-state index in [1.54, 1.807) is 0 Å². The van der Waals surface area contributed by atoms with Crippen LogP contribution >= 0.6 is 0 Å². The number of hydrogen-bond acceptors (Lipinski definition) is 1. The lowest BCUT2D eigenvalue weighted by molar-refractivity contribution is -0.121. The Labute approximate surface area is 101 Å². The molecule has 1 aliphatic carbocycles. The van der Waals surface area contributed by atoms with Gasteiger partial charge in [0.2, 0.25) is 0 Å². The highest BCUT2D eigenvalue weighted by molar-refractivity contribution is 5.91. The van der Waals surface area contributed by atoms with Gasteiger partial charge in [0.25, 0.3) is 0 Å². The second kappa shape index (κ2) is 3.99. The van der Waals surface area contributed by atoms with Crippen LogP contribution in [-0.2, 0) is 11.2 Å². The maximum atomic E-state index is 11.9. The van der Waals surface area contributed by atoms with Crippen molar-refractivity contribution in [1.82, 2.24) is 0 Å². The first-order valence-corrected chi connectivity index (χ1v) is 6.34. The first-order chi connectivity index (χ1) is 8.29. The zero-order valence-electron chi connectivity index (χ0n) is 10.1. The molecule has 0 spiro atoms. The highest BCUT2D eigenvalue weighted by Gasteiger charge is 2.26. The van der Waals surface area contributed by atoms with E-state index in [-0.39, 0.29) is 5.92 Å². The molecule has 0 saturated carbocycles. The largest absolute Gasteiger partial charge is 0.299 e. The standard InChI is InChI=1S/C16H16O/c1-2-14-15-10-12-6-4-3-5-11(12)9-13(15)7-8-16(14)17/h3-6,9-10,14H,2,7-8H2,1H3. The minimum Gasteiger partial charge on any atom is -0.299 e. The van der Waals surface area contributed by atoms with Crippen LogP contribution in [0.3, 0.4) is 0 Å². The fourth-order valence-corrected chi connectivity index (χ4v) is 2.90. The molecule has 2 aromatic carbocycles. The molecule has 0 fully saturated rings. The van der Waals surface area contributed by atoms with Crippen LogP contribution in [0.2, 0.25) is 0 Å². The molecule has 0 N–H and O–H groups in total. The van der Waals surface area contributed by atoms with Gasteiger partial charge in [-0.1, -0.05) is 43.3 Å². The normalized spacial score (nSPS) is 19.4. The molecule has 0 heterocycles. The van der Waals surface area contributed by atoms with Crippen molar-refractivity contribution < 1.29 is 4.79 Å². The summed E-state index contributed by atoms with van der Waals surface area (Å²) in [6, 6.07) is 12.9. The molecule has 2 aromatic rings. The monoisotopic (exact) mass is 224 g/mol. The summed E-state index contributed by atoms with van der Waals surface area (Å²) in [6.07, 6.45) is 2.55. The summed E-state index contributed by atoms with van der Waals surface area (Å²) in [7, 11) is 0. The van der Waals surface area contributed by atoms with Gasteiger partial charge in [-0.05, 0) is 34.7 Å². The van der Waals surface area contributed by atoms with Gasteiger partial charge in [0.05, 0.1) is 0 Å². The van der Waals surface area contributed by atoms with Crippen molar-refractivity contribution in [2.45, 2.75) is 32.1 Å². The first-order valence-electron chi connectivity index (χ1n) is 6.34. The van der Waals surface area contributed by atoms with Crippen LogP contribution in [-0.4, -0.2) is 5.78 Å². The van der Waals surface area contributed by atoms with Gasteiger partial charge in [0.1, 0.15) is 5.78 Å². The quantitative estimate of drug-likeness (QED) is 0.719. The highest BCUT2D eigenvalue weighted by atomic mass is 16.1. The fourth-order valence-electron chi connectivity index (χ4n) is 2.90. The lowest BCUT2D eigenvalue weighted by Crippen LogP contribution is -2.19. The summed E-state index contributed by atoms with van der Waals surface area (Å²) in [5.74, 6) is 0.540. The summed E-state index contributed by atoms with van der Waals surface area (Å²) < 4.78 is 0. The van der Waals surface area contributed by atoms with Gasteiger partial charge in [-0.3, -0.25) is 4.79 Å². The molecule has 0 saturated heterocycles. The molecule has 0 aliphatic heterocycles. The maximum absolute atomic E-state index is 11.9. The van der Waals surface area contributed by atoms with E-state index in [9.17, 15) is 4.79 Å². The van der Waals surface area contributed by atoms with Crippen LogP contribution in [0.5, 0.6) is 0 Å². The SMILES string of the molecule is CCC1C(=O)CCc2cc3ccccc3cc21. The average molecular weight is 224 g/mol. The highest BCUT2D eigenvalue weighted by Crippen LogP contribution is 2.34. The smallest absolute Gasteiger partial charge is 0.140 e. The third-order valence-corrected chi connectivity index (χ3v) is 3.82. The van der Waals surface area contributed by atoms with Crippen molar-refractivity contribution in [3.05, 3.63) is 47.5 Å². The van der Waals surface area contributed by atoms with E-state index in [1.165, 1.54) is 21.9 Å². The van der Waals surface area contributed by atoms with Gasteiger partial charge in [-0.25, -0.2) is 0 Å². The zero-order chi connectivity index (χ0) is 11.8. The fraction of sp³-hybridized carbons (Fsp3) is 0.312. The Morgan fingerprint density at radius 1 is 1.12 bits per heavy atom. The molecule has 3 rings (SSSR count). The third-order valence-electron chi connectivity index (χ3n) is 3.82. The van der Waals surface area contributed by atoms with Crippen molar-refractivity contribution in [2.75, 3.05) is 0 Å². The van der Waals surface area contributed by atoms with Gasteiger partial charge in [-0.2, -0.15) is 0 Å². The van der Waals surface area contributed by atoms with Crippen LogP contribution in [0.15, 0.2) is 36.4 Å². The van der Waals surface area contributed by atoms with Crippen molar-refractivity contribution in [2.24, 2.45) is 0 Å². The summed E-state index contributed by atoms with van der Waals surface area (Å²) in [5.41, 5.74) is 2.64. The number of fused-ring (bicyclic) bond motifs is 2. The molecule has 17 heavy (non-hydrogen) atoms. The molecule has 1 unspecified atom stereocenters. The molecule has 0 radical (unpaired) electrons. The predicted molar refractivity (Wildman–Crippen MR) is 70.3 cm³/mol. The number of carbonyl (C=O) groups is 1. The zero-order valence-corrected chi connectivity index (χ0v) is 10.1. The topological polar surface area (TPSA) is 17.1 Å². The number of ketones is 1. The van der Waals surface area contributed by atoms with Crippen molar-refractivity contribution in [3.8, 4) is 0 Å². The second-order valence-corrected chi connectivity index (χ2v) is 4.83. The summed E-state index contributed by atoms with van der Waals surface area (Å²) >= 11 is 0. The predicted octanol–water partition coefficient (Wildman–Crippen LogP) is 3.85. The Kier molecular flexibility index (Phi) is 2.47. The van der Waals surface area contributed by atoms with Gasteiger partial charge in [-0.15, -0.1) is 0 Å². The number of aryl methyl sites for hydroxylation is 1. The Balaban J connectivity index is 2.23. The molecule has 1 heteroatoms. The van der Waals surface area contributed by atoms with E-state index < -0.39 is 0 Å². The van der Waals surface area contributed by atoms with Gasteiger partial charge in [0, 0.05) is 12.3 Å². The number of carbonyl (C=O) groups excluding carboxylic acids is 1. The van der Waals surface area contributed by atoms with Crippen molar-refractivity contribution in [3.63, 3.8) is 0 Å². The number of benzene rings is 2. The molecular weight excluding hydrogens is 208 g/mol. The van der Waals surface area contributed by atoms with E-state index in [1.807, 2.05) is 0 Å². The number of rotatable bonds is 1. The van der Waals surface area contributed by atoms with E-state index in [0.29, 0.717) is 12.2 Å². The number of hydrogen-bond donors (Lipinski definition) is 0. The van der Waals surface area contributed by atoms with Crippen LogP contribution in [0.4, 0.5) is 0 Å². The summed E-state index contributed by atoms with van der Waals surface area (Å²) in [4.78, 5) is 11.9. The second-order valence-electron chi connectivity index (χ2n) is 4.83. The Hall–Kier alpha value is -1.63. The van der Waals surface area contributed by atoms with Crippen LogP contribution in [0.25, 0.3) is 10.8 Å². The molecule has 0 aromatic heterocycles. The van der Waals surface area contributed by atoms with E-state index in [0.717, 1.165) is 12.8 Å². The molecular formula is C16H16O. The minimum atomic E-state index is 0.128. The summed E-state index contributed by atoms with van der Waals surface area (Å²) in [5, 5.41) is 2.54. The number of Topliss-reactive ketones (excluding diaryl/α,β-unsaturated/α-hetero) is 1. The van der Waals surface area contributed by atoms with Crippen LogP contribution < -0.4 is 0 Å². The van der Waals surface area contributed by atoms with Gasteiger partial charge in [0.15, 0.2) is 0 Å². The molecule has 1 atom stereocenters. The molecule has 0 amide bonds. The molecule has 1 aliphatic rings. The first kappa shape index (κ1) is 10.5. The summed E-state index contributed by atoms with van der Waals surface area (Å²) in [6.45, 7) is 2.10. The van der Waals surface area contributed by atoms with Crippen LogP contribution in [0.1, 0.15) is 36.8 Å². The Morgan fingerprint density at radius 2 is 1.82 bits per heavy atom. The van der Waals surface area contributed by atoms with E-state index in [2.05, 4.69) is 43.3 Å². The Bertz CT molecular complexity index is 583. The van der Waals surface area contributed by atoms with Gasteiger partial charge >= 0.3 is 0 Å². The van der Waals surface area contributed by atoms with Gasteiger partial charge < -0.3 is 0 Å². The third kappa shape index (κ3) is 1.66. The average Bonchev–Trinajstić information content (AvgIpc) is 2.36. The lowest BCUT2D eigenvalue weighted by atomic mass is 9.79. The molecule has 86 valence electrons. The Morgan fingerprint density at radius 3 is 2.53 bits per heavy atom. The van der Waals surface area contributed by atoms with Crippen LogP contribution in [0, 0.1) is 0 Å². The maximum Gasteiger partial charge on any atom is 0.140 e. The molecule has 1 nitrogen and oxygen atoms in total. The van der Waals surface area contributed by atoms with Crippen molar-refractivity contribution in [1.29, 1.82) is 0 Å². The van der Waals surface area contributed by atoms with Crippen molar-refractivity contribution >= 4 is 16.6 Å².